The lowest BCUT2D eigenvalue weighted by atomic mass is 10.1. The van der Waals surface area contributed by atoms with Crippen molar-refractivity contribution in [2.75, 3.05) is 0 Å². The first-order valence-corrected chi connectivity index (χ1v) is 5.75. The molecular formula is C12H15FN4O. The molecule has 0 aliphatic carbocycles. The number of nitrogens with one attached hydrogen (secondary N) is 3. The predicted octanol–water partition coefficient (Wildman–Crippen LogP) is 0.531. The molecule has 0 aromatic heterocycles. The fraction of sp³-hybridized carbons (Fsp3) is 0.333. The Hall–Kier alpha value is -1.79. The van der Waals surface area contributed by atoms with Crippen LogP contribution >= 0.6 is 0 Å². The quantitative estimate of drug-likeness (QED) is 0.541. The molecule has 1 aliphatic rings. The third-order valence-electron chi connectivity index (χ3n) is 2.69. The molecule has 0 bridgehead atoms. The minimum absolute atomic E-state index is 0.237. The topological polar surface area (TPSA) is 65.5 Å². The number of hydrogen-bond acceptors (Lipinski definition) is 4. The number of benzene rings is 1. The van der Waals surface area contributed by atoms with Crippen LogP contribution in [0.4, 0.5) is 4.39 Å². The van der Waals surface area contributed by atoms with Gasteiger partial charge in [-0.25, -0.2) is 15.2 Å². The number of amides is 1. The minimum Gasteiger partial charge on any atom is -0.271 e. The Morgan fingerprint density at radius 2 is 2.28 bits per heavy atom. The number of carbonyl (C=O) groups is 1. The molecule has 1 heterocycles. The maximum absolute atomic E-state index is 13.2. The third-order valence-corrected chi connectivity index (χ3v) is 2.69. The van der Waals surface area contributed by atoms with Crippen molar-refractivity contribution in [2.24, 2.45) is 5.10 Å². The van der Waals surface area contributed by atoms with Gasteiger partial charge in [-0.3, -0.25) is 10.2 Å². The van der Waals surface area contributed by atoms with Crippen molar-refractivity contribution >= 4 is 12.1 Å². The molecule has 1 fully saturated rings. The van der Waals surface area contributed by atoms with Gasteiger partial charge in [-0.05, 0) is 19.4 Å². The highest BCUT2D eigenvalue weighted by atomic mass is 19.1. The molecule has 1 aliphatic heterocycles. The van der Waals surface area contributed by atoms with E-state index in [1.807, 2.05) is 6.92 Å². The van der Waals surface area contributed by atoms with Crippen LogP contribution in [0.1, 0.15) is 18.9 Å². The predicted molar refractivity (Wildman–Crippen MR) is 66.3 cm³/mol. The van der Waals surface area contributed by atoms with Gasteiger partial charge in [-0.2, -0.15) is 5.10 Å². The largest absolute Gasteiger partial charge is 0.271 e. The van der Waals surface area contributed by atoms with Crippen molar-refractivity contribution in [1.29, 1.82) is 0 Å². The first-order chi connectivity index (χ1) is 8.66. The molecule has 5 nitrogen and oxygen atoms in total. The van der Waals surface area contributed by atoms with Crippen molar-refractivity contribution < 1.29 is 9.18 Å². The highest BCUT2D eigenvalue weighted by Gasteiger charge is 2.26. The Morgan fingerprint density at radius 1 is 1.50 bits per heavy atom. The van der Waals surface area contributed by atoms with Gasteiger partial charge in [-0.1, -0.05) is 18.2 Å². The monoisotopic (exact) mass is 250 g/mol. The smallest absolute Gasteiger partial charge is 0.258 e. The molecule has 1 saturated heterocycles. The Labute approximate surface area is 104 Å². The number of carbonyl (C=O) groups excluding carboxylic acids is 1. The van der Waals surface area contributed by atoms with E-state index in [0.29, 0.717) is 12.0 Å². The summed E-state index contributed by atoms with van der Waals surface area (Å²) in [6.07, 6.45) is 1.99. The van der Waals surface area contributed by atoms with Crippen LogP contribution < -0.4 is 16.3 Å². The van der Waals surface area contributed by atoms with E-state index in [4.69, 9.17) is 0 Å². The summed E-state index contributed by atoms with van der Waals surface area (Å²) in [5.41, 5.74) is 8.52. The molecule has 96 valence electrons. The fourth-order valence-electron chi connectivity index (χ4n) is 1.71. The zero-order valence-corrected chi connectivity index (χ0v) is 9.98. The van der Waals surface area contributed by atoms with Crippen molar-refractivity contribution in [3.8, 4) is 0 Å². The van der Waals surface area contributed by atoms with Gasteiger partial charge in [0.15, 0.2) is 0 Å². The number of nitrogens with zero attached hydrogens (tertiary/aromatic N) is 1. The second kappa shape index (κ2) is 5.70. The first kappa shape index (κ1) is 12.7. The number of rotatable bonds is 3. The number of hydrazine groups is 1. The van der Waals surface area contributed by atoms with E-state index < -0.39 is 0 Å². The second-order valence-electron chi connectivity index (χ2n) is 4.23. The highest BCUT2D eigenvalue weighted by molar-refractivity contribution is 5.85. The van der Waals surface area contributed by atoms with E-state index >= 15 is 0 Å². The molecule has 2 unspecified atom stereocenters. The lowest BCUT2D eigenvalue weighted by Gasteiger charge is -2.06. The minimum atomic E-state index is -0.371. The zero-order chi connectivity index (χ0) is 13.0. The van der Waals surface area contributed by atoms with Crippen LogP contribution in [0, 0.1) is 5.82 Å². The fourth-order valence-corrected chi connectivity index (χ4v) is 1.71. The highest BCUT2D eigenvalue weighted by Crippen LogP contribution is 2.04. The molecule has 0 saturated carbocycles. The number of hydrazone groups is 1. The van der Waals surface area contributed by atoms with E-state index in [2.05, 4.69) is 21.4 Å². The molecule has 2 atom stereocenters. The third kappa shape index (κ3) is 3.12. The summed E-state index contributed by atoms with van der Waals surface area (Å²) in [4.78, 5) is 11.6. The Kier molecular flexibility index (Phi) is 4.01. The summed E-state index contributed by atoms with van der Waals surface area (Å²) in [6, 6.07) is 6.17. The Morgan fingerprint density at radius 3 is 2.94 bits per heavy atom. The summed E-state index contributed by atoms with van der Waals surface area (Å²) < 4.78 is 13.2. The van der Waals surface area contributed by atoms with Gasteiger partial charge in [0.05, 0.1) is 6.21 Å². The molecule has 6 heteroatoms. The van der Waals surface area contributed by atoms with Crippen LogP contribution in [-0.2, 0) is 4.79 Å². The van der Waals surface area contributed by atoms with Gasteiger partial charge in [-0.15, -0.1) is 0 Å². The van der Waals surface area contributed by atoms with Crippen LogP contribution in [0.3, 0.4) is 0 Å². The van der Waals surface area contributed by atoms with Gasteiger partial charge < -0.3 is 0 Å². The summed E-state index contributed by atoms with van der Waals surface area (Å²) in [5.74, 6) is -0.607. The summed E-state index contributed by atoms with van der Waals surface area (Å²) in [5, 5.41) is 3.74. The molecule has 1 aromatic carbocycles. The van der Waals surface area contributed by atoms with Gasteiger partial charge in [0.1, 0.15) is 11.9 Å². The maximum Gasteiger partial charge on any atom is 0.258 e. The first-order valence-electron chi connectivity index (χ1n) is 5.75. The van der Waals surface area contributed by atoms with E-state index in [-0.39, 0.29) is 23.8 Å². The second-order valence-corrected chi connectivity index (χ2v) is 4.23. The van der Waals surface area contributed by atoms with Crippen molar-refractivity contribution in [3.05, 3.63) is 35.6 Å². The molecular weight excluding hydrogens is 235 g/mol. The SMILES string of the molecule is CC1CC(C(=O)N/N=C/c2ccccc2F)NN1. The number of hydrogen-bond donors (Lipinski definition) is 3. The summed E-state index contributed by atoms with van der Waals surface area (Å²) in [7, 11) is 0. The van der Waals surface area contributed by atoms with Gasteiger partial charge >= 0.3 is 0 Å². The molecule has 18 heavy (non-hydrogen) atoms. The Balaban J connectivity index is 1.88. The zero-order valence-electron chi connectivity index (χ0n) is 9.98. The van der Waals surface area contributed by atoms with Crippen LogP contribution in [0.5, 0.6) is 0 Å². The van der Waals surface area contributed by atoms with Crippen LogP contribution in [-0.4, -0.2) is 24.2 Å². The average molecular weight is 250 g/mol. The van der Waals surface area contributed by atoms with E-state index in [1.54, 1.807) is 18.2 Å². The van der Waals surface area contributed by atoms with E-state index in [1.165, 1.54) is 12.3 Å². The summed E-state index contributed by atoms with van der Waals surface area (Å²) >= 11 is 0. The molecule has 1 aromatic rings. The van der Waals surface area contributed by atoms with Crippen LogP contribution in [0.2, 0.25) is 0 Å². The standard InChI is InChI=1S/C12H15FN4O/c1-8-6-11(16-15-8)12(18)17-14-7-9-4-2-3-5-10(9)13/h2-5,7-8,11,15-16H,6H2,1H3,(H,17,18)/b14-7+. The van der Waals surface area contributed by atoms with Crippen molar-refractivity contribution in [3.63, 3.8) is 0 Å². The van der Waals surface area contributed by atoms with E-state index in [9.17, 15) is 9.18 Å². The lowest BCUT2D eigenvalue weighted by Crippen LogP contribution is -2.41. The lowest BCUT2D eigenvalue weighted by molar-refractivity contribution is -0.122. The molecule has 0 spiro atoms. The van der Waals surface area contributed by atoms with Gasteiger partial charge in [0, 0.05) is 11.6 Å². The Bertz CT molecular complexity index is 463. The molecule has 0 radical (unpaired) electrons. The molecule has 2 rings (SSSR count). The molecule has 3 N–H and O–H groups in total. The van der Waals surface area contributed by atoms with Crippen LogP contribution in [0.15, 0.2) is 29.4 Å². The van der Waals surface area contributed by atoms with Crippen molar-refractivity contribution in [1.82, 2.24) is 16.3 Å². The maximum atomic E-state index is 13.2. The van der Waals surface area contributed by atoms with E-state index in [0.717, 1.165) is 0 Å². The van der Waals surface area contributed by atoms with Crippen molar-refractivity contribution in [2.45, 2.75) is 25.4 Å². The van der Waals surface area contributed by atoms with Gasteiger partial charge in [0.2, 0.25) is 0 Å². The van der Waals surface area contributed by atoms with Gasteiger partial charge in [0.25, 0.3) is 5.91 Å². The number of halogens is 1. The normalized spacial score (nSPS) is 23.4. The average Bonchev–Trinajstić information content (AvgIpc) is 2.78. The summed E-state index contributed by atoms with van der Waals surface area (Å²) in [6.45, 7) is 1.98. The van der Waals surface area contributed by atoms with Crippen LogP contribution in [0.25, 0.3) is 0 Å². The molecule has 1 amide bonds.